The Morgan fingerprint density at radius 3 is 2.39 bits per heavy atom. The first-order valence-electron chi connectivity index (χ1n) is 7.36. The zero-order valence-electron chi connectivity index (χ0n) is 13.3. The van der Waals surface area contributed by atoms with Gasteiger partial charge in [0.25, 0.3) is 0 Å². The van der Waals surface area contributed by atoms with Crippen LogP contribution in [0.15, 0.2) is 24.3 Å². The van der Waals surface area contributed by atoms with Crippen LogP contribution in [0.3, 0.4) is 0 Å². The van der Waals surface area contributed by atoms with E-state index < -0.39 is 12.0 Å². The van der Waals surface area contributed by atoms with Gasteiger partial charge in [-0.05, 0) is 36.1 Å². The lowest BCUT2D eigenvalue weighted by Gasteiger charge is -2.18. The Hall–Kier alpha value is -2.02. The minimum Gasteiger partial charge on any atom is -0.478 e. The lowest BCUT2D eigenvalue weighted by Crippen LogP contribution is -2.46. The van der Waals surface area contributed by atoms with Crippen LogP contribution in [-0.4, -0.2) is 40.9 Å². The average Bonchev–Trinajstić information content (AvgIpc) is 2.56. The molecule has 0 saturated carbocycles. The monoisotopic (exact) mass is 338 g/mol. The number of rotatable bonds is 9. The van der Waals surface area contributed by atoms with Gasteiger partial charge in [0.05, 0.1) is 5.56 Å². The van der Waals surface area contributed by atoms with Gasteiger partial charge in [-0.2, -0.15) is 11.8 Å². The molecule has 0 aliphatic rings. The topological polar surface area (TPSA) is 95.5 Å². The van der Waals surface area contributed by atoms with Crippen LogP contribution in [-0.2, 0) is 16.1 Å². The van der Waals surface area contributed by atoms with Crippen LogP contribution in [0.25, 0.3) is 0 Å². The number of benzene rings is 1. The Morgan fingerprint density at radius 1 is 1.22 bits per heavy atom. The van der Waals surface area contributed by atoms with Crippen molar-refractivity contribution in [3.63, 3.8) is 0 Å². The number of carboxylic acids is 1. The maximum absolute atomic E-state index is 12.2. The highest BCUT2D eigenvalue weighted by atomic mass is 32.2. The fraction of sp³-hybridized carbons (Fsp3) is 0.438. The second-order valence-electron chi connectivity index (χ2n) is 4.98. The number of hydrogen-bond donors (Lipinski definition) is 3. The van der Waals surface area contributed by atoms with Crippen LogP contribution in [0, 0.1) is 0 Å². The maximum atomic E-state index is 12.2. The molecule has 0 fully saturated rings. The minimum atomic E-state index is -0.986. The van der Waals surface area contributed by atoms with Crippen molar-refractivity contribution in [3.8, 4) is 0 Å². The third-order valence-corrected chi connectivity index (χ3v) is 3.90. The molecule has 0 saturated heterocycles. The smallest absolute Gasteiger partial charge is 0.335 e. The van der Waals surface area contributed by atoms with Crippen molar-refractivity contribution >= 4 is 29.5 Å². The van der Waals surface area contributed by atoms with E-state index in [9.17, 15) is 14.4 Å². The number of carboxylic acid groups (broad SMARTS) is 1. The molecule has 7 heteroatoms. The van der Waals surface area contributed by atoms with Crippen LogP contribution in [0.1, 0.15) is 35.7 Å². The van der Waals surface area contributed by atoms with Crippen molar-refractivity contribution in [2.45, 2.75) is 32.4 Å². The van der Waals surface area contributed by atoms with Gasteiger partial charge >= 0.3 is 5.97 Å². The van der Waals surface area contributed by atoms with E-state index in [-0.39, 0.29) is 23.9 Å². The summed E-state index contributed by atoms with van der Waals surface area (Å²) in [5.41, 5.74) is 1.00. The van der Waals surface area contributed by atoms with Gasteiger partial charge in [0.1, 0.15) is 6.04 Å². The van der Waals surface area contributed by atoms with Crippen molar-refractivity contribution in [1.82, 2.24) is 10.6 Å². The largest absolute Gasteiger partial charge is 0.478 e. The van der Waals surface area contributed by atoms with Crippen LogP contribution in [0.4, 0.5) is 0 Å². The first kappa shape index (κ1) is 19.0. The molecule has 0 aromatic heterocycles. The summed E-state index contributed by atoms with van der Waals surface area (Å²) in [4.78, 5) is 34.5. The van der Waals surface area contributed by atoms with Crippen molar-refractivity contribution in [1.29, 1.82) is 0 Å². The molecule has 2 amide bonds. The van der Waals surface area contributed by atoms with Gasteiger partial charge in [-0.15, -0.1) is 0 Å². The number of hydrogen-bond acceptors (Lipinski definition) is 4. The van der Waals surface area contributed by atoms with Crippen molar-refractivity contribution < 1.29 is 19.5 Å². The summed E-state index contributed by atoms with van der Waals surface area (Å²) in [5.74, 6) is -0.602. The third kappa shape index (κ3) is 6.73. The van der Waals surface area contributed by atoms with Crippen LogP contribution in [0.5, 0.6) is 0 Å². The second kappa shape index (κ2) is 9.89. The molecule has 3 N–H and O–H groups in total. The SMILES string of the molecule is CCC(=O)NC(CCSC)C(=O)NCc1ccc(C(=O)O)cc1. The summed E-state index contributed by atoms with van der Waals surface area (Å²) >= 11 is 1.61. The standard InChI is InChI=1S/C16H22N2O4S/c1-3-14(19)18-13(8-9-23-2)15(20)17-10-11-4-6-12(7-5-11)16(21)22/h4-7,13H,3,8-10H2,1-2H3,(H,17,20)(H,18,19)(H,21,22). The lowest BCUT2D eigenvalue weighted by atomic mass is 10.1. The number of amides is 2. The van der Waals surface area contributed by atoms with Crippen LogP contribution in [0.2, 0.25) is 0 Å². The molecule has 0 bridgehead atoms. The summed E-state index contributed by atoms with van der Waals surface area (Å²) in [5, 5.41) is 14.3. The molecule has 1 unspecified atom stereocenters. The van der Waals surface area contributed by atoms with Gasteiger partial charge in [0, 0.05) is 13.0 Å². The molecule has 126 valence electrons. The van der Waals surface area contributed by atoms with Gasteiger partial charge in [0.2, 0.25) is 11.8 Å². The number of carbonyl (C=O) groups is 3. The van der Waals surface area contributed by atoms with E-state index in [2.05, 4.69) is 10.6 Å². The number of nitrogens with one attached hydrogen (secondary N) is 2. The van der Waals surface area contributed by atoms with Crippen molar-refractivity contribution in [2.75, 3.05) is 12.0 Å². The van der Waals surface area contributed by atoms with Gasteiger partial charge in [-0.3, -0.25) is 9.59 Å². The summed E-state index contributed by atoms with van der Waals surface area (Å²) in [6, 6.07) is 5.76. The molecule has 0 heterocycles. The van der Waals surface area contributed by atoms with E-state index in [0.717, 1.165) is 11.3 Å². The Kier molecular flexibility index (Phi) is 8.18. The van der Waals surface area contributed by atoms with E-state index in [0.29, 0.717) is 12.8 Å². The molecule has 0 aliphatic carbocycles. The molecule has 0 radical (unpaired) electrons. The summed E-state index contributed by atoms with van der Waals surface area (Å²) in [6.45, 7) is 2.03. The van der Waals surface area contributed by atoms with Crippen LogP contribution < -0.4 is 10.6 Å². The minimum absolute atomic E-state index is 0.155. The Morgan fingerprint density at radius 2 is 1.87 bits per heavy atom. The van der Waals surface area contributed by atoms with Crippen LogP contribution >= 0.6 is 11.8 Å². The van der Waals surface area contributed by atoms with E-state index in [1.807, 2.05) is 6.26 Å². The highest BCUT2D eigenvalue weighted by Crippen LogP contribution is 2.06. The first-order valence-corrected chi connectivity index (χ1v) is 8.75. The highest BCUT2D eigenvalue weighted by molar-refractivity contribution is 7.98. The van der Waals surface area contributed by atoms with E-state index >= 15 is 0 Å². The zero-order valence-corrected chi connectivity index (χ0v) is 14.1. The Bertz CT molecular complexity index is 546. The molecule has 6 nitrogen and oxygen atoms in total. The number of aromatic carboxylic acids is 1. The second-order valence-corrected chi connectivity index (χ2v) is 5.96. The Labute approximate surface area is 140 Å². The number of carbonyl (C=O) groups excluding carboxylic acids is 2. The van der Waals surface area contributed by atoms with Gasteiger partial charge in [-0.1, -0.05) is 19.1 Å². The quantitative estimate of drug-likeness (QED) is 0.636. The van der Waals surface area contributed by atoms with Gasteiger partial charge < -0.3 is 15.7 Å². The van der Waals surface area contributed by atoms with E-state index in [1.165, 1.54) is 12.1 Å². The Balaban J connectivity index is 2.59. The molecule has 1 aromatic carbocycles. The normalized spacial score (nSPS) is 11.6. The van der Waals surface area contributed by atoms with Crippen molar-refractivity contribution in [3.05, 3.63) is 35.4 Å². The zero-order chi connectivity index (χ0) is 17.2. The third-order valence-electron chi connectivity index (χ3n) is 3.25. The fourth-order valence-corrected chi connectivity index (χ4v) is 2.35. The lowest BCUT2D eigenvalue weighted by molar-refractivity contribution is -0.129. The summed E-state index contributed by atoms with van der Waals surface area (Å²) in [6.07, 6.45) is 2.84. The van der Waals surface area contributed by atoms with Gasteiger partial charge in [-0.25, -0.2) is 4.79 Å². The molecular weight excluding hydrogens is 316 g/mol. The molecule has 1 rings (SSSR count). The number of thioether (sulfide) groups is 1. The molecule has 1 atom stereocenters. The molecule has 23 heavy (non-hydrogen) atoms. The summed E-state index contributed by atoms with van der Waals surface area (Å²) in [7, 11) is 0. The van der Waals surface area contributed by atoms with Gasteiger partial charge in [0.15, 0.2) is 0 Å². The first-order chi connectivity index (χ1) is 11.0. The predicted molar refractivity (Wildman–Crippen MR) is 90.5 cm³/mol. The van der Waals surface area contributed by atoms with Crippen molar-refractivity contribution in [2.24, 2.45) is 0 Å². The highest BCUT2D eigenvalue weighted by Gasteiger charge is 2.19. The average molecular weight is 338 g/mol. The molecular formula is C16H22N2O4S. The summed E-state index contributed by atoms with van der Waals surface area (Å²) < 4.78 is 0. The van der Waals surface area contributed by atoms with E-state index in [4.69, 9.17) is 5.11 Å². The molecule has 1 aromatic rings. The maximum Gasteiger partial charge on any atom is 0.335 e. The molecule has 0 aliphatic heterocycles. The predicted octanol–water partition coefficient (Wildman–Crippen LogP) is 1.65. The fourth-order valence-electron chi connectivity index (χ4n) is 1.88. The van der Waals surface area contributed by atoms with E-state index in [1.54, 1.807) is 30.8 Å². The molecule has 0 spiro atoms.